The third-order valence-electron chi connectivity index (χ3n) is 2.05. The van der Waals surface area contributed by atoms with Crippen molar-refractivity contribution in [3.05, 3.63) is 35.9 Å². The molecule has 2 aromatic heterocycles. The van der Waals surface area contributed by atoms with Gasteiger partial charge in [0.15, 0.2) is 17.5 Å². The Morgan fingerprint density at radius 2 is 2.24 bits per heavy atom. The normalized spacial score (nSPS) is 10.0. The van der Waals surface area contributed by atoms with Crippen LogP contribution in [-0.4, -0.2) is 28.1 Å². The molecule has 2 aromatic rings. The molecule has 88 valence electrons. The van der Waals surface area contributed by atoms with Crippen molar-refractivity contribution in [2.75, 3.05) is 12.4 Å². The number of rotatable bonds is 3. The van der Waals surface area contributed by atoms with Crippen LogP contribution < -0.4 is 10.6 Å². The van der Waals surface area contributed by atoms with Gasteiger partial charge in [0.2, 0.25) is 0 Å². The molecular formula is C10H10FN5O. The van der Waals surface area contributed by atoms with E-state index in [1.54, 1.807) is 12.3 Å². The van der Waals surface area contributed by atoms with Crippen LogP contribution in [0.2, 0.25) is 0 Å². The van der Waals surface area contributed by atoms with E-state index in [0.717, 1.165) is 0 Å². The zero-order valence-electron chi connectivity index (χ0n) is 8.99. The monoisotopic (exact) mass is 235 g/mol. The summed E-state index contributed by atoms with van der Waals surface area (Å²) in [4.78, 5) is 15.2. The van der Waals surface area contributed by atoms with Crippen LogP contribution in [0.25, 0.3) is 0 Å². The van der Waals surface area contributed by atoms with Crippen LogP contribution in [0, 0.1) is 5.82 Å². The quantitative estimate of drug-likeness (QED) is 0.742. The fourth-order valence-corrected chi connectivity index (χ4v) is 1.24. The molecule has 0 aliphatic carbocycles. The van der Waals surface area contributed by atoms with E-state index in [4.69, 9.17) is 0 Å². The largest absolute Gasteiger partial charge is 0.354 e. The van der Waals surface area contributed by atoms with Crippen LogP contribution in [0.15, 0.2) is 24.4 Å². The first-order valence-electron chi connectivity index (χ1n) is 4.86. The van der Waals surface area contributed by atoms with E-state index in [9.17, 15) is 9.18 Å². The van der Waals surface area contributed by atoms with Gasteiger partial charge in [0.05, 0.1) is 0 Å². The van der Waals surface area contributed by atoms with Crippen LogP contribution >= 0.6 is 0 Å². The number of H-pyrrole nitrogens is 1. The van der Waals surface area contributed by atoms with Crippen molar-refractivity contribution in [2.45, 2.75) is 0 Å². The lowest BCUT2D eigenvalue weighted by Crippen LogP contribution is -2.19. The first kappa shape index (κ1) is 11.1. The summed E-state index contributed by atoms with van der Waals surface area (Å²) >= 11 is 0. The second-order valence-electron chi connectivity index (χ2n) is 3.19. The molecule has 7 heteroatoms. The number of amides is 1. The van der Waals surface area contributed by atoms with Crippen LogP contribution in [-0.2, 0) is 0 Å². The number of anilines is 2. The highest BCUT2D eigenvalue weighted by molar-refractivity contribution is 5.92. The number of pyridine rings is 1. The van der Waals surface area contributed by atoms with Gasteiger partial charge in [-0.05, 0) is 12.1 Å². The topological polar surface area (TPSA) is 82.7 Å². The maximum Gasteiger partial charge on any atom is 0.269 e. The Hall–Kier alpha value is -2.44. The Morgan fingerprint density at radius 1 is 1.41 bits per heavy atom. The SMILES string of the molecule is CNC(=O)c1ccc(F)c(Nc2cc[nH]n2)n1. The highest BCUT2D eigenvalue weighted by Crippen LogP contribution is 2.16. The van der Waals surface area contributed by atoms with Crippen LogP contribution in [0.4, 0.5) is 16.0 Å². The van der Waals surface area contributed by atoms with E-state index in [2.05, 4.69) is 25.8 Å². The van der Waals surface area contributed by atoms with Gasteiger partial charge in [0.1, 0.15) is 5.69 Å². The number of nitrogens with one attached hydrogen (secondary N) is 3. The summed E-state index contributed by atoms with van der Waals surface area (Å²) in [6.45, 7) is 0. The highest BCUT2D eigenvalue weighted by atomic mass is 19.1. The zero-order chi connectivity index (χ0) is 12.3. The van der Waals surface area contributed by atoms with Crippen LogP contribution in [0.5, 0.6) is 0 Å². The fraction of sp³-hybridized carbons (Fsp3) is 0.100. The molecule has 0 aliphatic heterocycles. The van der Waals surface area contributed by atoms with Gasteiger partial charge in [-0.15, -0.1) is 0 Å². The van der Waals surface area contributed by atoms with Crippen molar-refractivity contribution in [1.29, 1.82) is 0 Å². The first-order chi connectivity index (χ1) is 8.20. The van der Waals surface area contributed by atoms with Gasteiger partial charge in [-0.1, -0.05) is 0 Å². The number of carbonyl (C=O) groups is 1. The first-order valence-corrected chi connectivity index (χ1v) is 4.86. The Balaban J connectivity index is 2.29. The smallest absolute Gasteiger partial charge is 0.269 e. The molecule has 0 bridgehead atoms. The number of halogens is 1. The van der Waals surface area contributed by atoms with E-state index in [-0.39, 0.29) is 17.4 Å². The molecule has 0 spiro atoms. The molecule has 17 heavy (non-hydrogen) atoms. The maximum atomic E-state index is 13.4. The summed E-state index contributed by atoms with van der Waals surface area (Å²) in [5, 5.41) is 11.5. The number of aromatic nitrogens is 3. The molecule has 0 saturated heterocycles. The fourth-order valence-electron chi connectivity index (χ4n) is 1.24. The number of carbonyl (C=O) groups excluding carboxylic acids is 1. The van der Waals surface area contributed by atoms with E-state index in [1.165, 1.54) is 19.2 Å². The summed E-state index contributed by atoms with van der Waals surface area (Å²) in [6.07, 6.45) is 1.59. The van der Waals surface area contributed by atoms with Crippen LogP contribution in [0.3, 0.4) is 0 Å². The van der Waals surface area contributed by atoms with Crippen LogP contribution in [0.1, 0.15) is 10.5 Å². The average Bonchev–Trinajstić information content (AvgIpc) is 2.84. The molecule has 2 heterocycles. The van der Waals surface area contributed by atoms with E-state index in [0.29, 0.717) is 5.82 Å². The van der Waals surface area contributed by atoms with Crippen molar-refractivity contribution in [1.82, 2.24) is 20.5 Å². The summed E-state index contributed by atoms with van der Waals surface area (Å²) in [5.41, 5.74) is 0.131. The van der Waals surface area contributed by atoms with Gasteiger partial charge in [0, 0.05) is 19.3 Å². The number of nitrogens with zero attached hydrogens (tertiary/aromatic N) is 2. The van der Waals surface area contributed by atoms with E-state index in [1.807, 2.05) is 0 Å². The average molecular weight is 235 g/mol. The third-order valence-corrected chi connectivity index (χ3v) is 2.05. The summed E-state index contributed by atoms with van der Waals surface area (Å²) in [7, 11) is 1.48. The lowest BCUT2D eigenvalue weighted by atomic mass is 10.3. The molecule has 0 radical (unpaired) electrons. The Kier molecular flexibility index (Phi) is 2.99. The second-order valence-corrected chi connectivity index (χ2v) is 3.19. The van der Waals surface area contributed by atoms with Gasteiger partial charge in [0.25, 0.3) is 5.91 Å². The molecular weight excluding hydrogens is 225 g/mol. The Bertz CT molecular complexity index is 525. The molecule has 0 fully saturated rings. The highest BCUT2D eigenvalue weighted by Gasteiger charge is 2.10. The summed E-state index contributed by atoms with van der Waals surface area (Å²) in [5.74, 6) is -0.556. The van der Waals surface area contributed by atoms with Gasteiger partial charge < -0.3 is 10.6 Å². The van der Waals surface area contributed by atoms with Crippen molar-refractivity contribution >= 4 is 17.5 Å². The molecule has 0 unspecified atom stereocenters. The van der Waals surface area contributed by atoms with Crippen molar-refractivity contribution < 1.29 is 9.18 Å². The van der Waals surface area contributed by atoms with Gasteiger partial charge >= 0.3 is 0 Å². The molecule has 6 nitrogen and oxygen atoms in total. The zero-order valence-corrected chi connectivity index (χ0v) is 8.99. The maximum absolute atomic E-state index is 13.4. The molecule has 0 saturated carbocycles. The Labute approximate surface area is 96.3 Å². The van der Waals surface area contributed by atoms with E-state index < -0.39 is 5.82 Å². The third kappa shape index (κ3) is 2.39. The lowest BCUT2D eigenvalue weighted by Gasteiger charge is -2.05. The van der Waals surface area contributed by atoms with Crippen molar-refractivity contribution in [2.24, 2.45) is 0 Å². The van der Waals surface area contributed by atoms with E-state index >= 15 is 0 Å². The minimum atomic E-state index is -0.555. The number of hydrogen-bond acceptors (Lipinski definition) is 4. The second kappa shape index (κ2) is 4.60. The minimum absolute atomic E-state index is 0.0433. The van der Waals surface area contributed by atoms with Gasteiger partial charge in [-0.2, -0.15) is 5.10 Å². The predicted octanol–water partition coefficient (Wildman–Crippen LogP) is 1.05. The Morgan fingerprint density at radius 3 is 2.88 bits per heavy atom. The molecule has 0 aliphatic rings. The molecule has 0 atom stereocenters. The lowest BCUT2D eigenvalue weighted by molar-refractivity contribution is 0.0958. The standard InChI is InChI=1S/C10H10FN5O/c1-12-10(17)7-3-2-6(11)9(14-7)15-8-4-5-13-16-8/h2-5H,1H3,(H,12,17)(H2,13,14,15,16). The van der Waals surface area contributed by atoms with Crippen molar-refractivity contribution in [3.8, 4) is 0 Å². The minimum Gasteiger partial charge on any atom is -0.354 e. The van der Waals surface area contributed by atoms with Gasteiger partial charge in [-0.25, -0.2) is 9.37 Å². The van der Waals surface area contributed by atoms with Gasteiger partial charge in [-0.3, -0.25) is 9.89 Å². The molecule has 2 rings (SSSR count). The molecule has 0 aromatic carbocycles. The van der Waals surface area contributed by atoms with Crippen molar-refractivity contribution in [3.63, 3.8) is 0 Å². The molecule has 3 N–H and O–H groups in total. The predicted molar refractivity (Wildman–Crippen MR) is 59.5 cm³/mol. The summed E-state index contributed by atoms with van der Waals surface area (Å²) < 4.78 is 13.4. The number of aromatic amines is 1. The number of hydrogen-bond donors (Lipinski definition) is 3. The summed E-state index contributed by atoms with van der Waals surface area (Å²) in [6, 6.07) is 4.10. The molecule has 1 amide bonds.